The average molecular weight is 772 g/mol. The first-order valence-corrected chi connectivity index (χ1v) is 10.3. The van der Waals surface area contributed by atoms with Crippen LogP contribution in [0.15, 0.2) is 0 Å². The summed E-state index contributed by atoms with van der Waals surface area (Å²) >= 11 is 0. The minimum atomic E-state index is -10.3. The van der Waals surface area contributed by atoms with Gasteiger partial charge in [0.2, 0.25) is 16.2 Å². The van der Waals surface area contributed by atoms with E-state index in [0.29, 0.717) is 14.8 Å². The molecule has 0 spiro atoms. The van der Waals surface area contributed by atoms with Crippen molar-refractivity contribution in [2.75, 3.05) is 0 Å². The maximum Gasteiger partial charge on any atom is 0.450 e. The van der Waals surface area contributed by atoms with Crippen molar-refractivity contribution >= 4 is 0 Å². The fourth-order valence-electron chi connectivity index (χ4n) is 6.56. The second-order valence-corrected chi connectivity index (χ2v) is 9.86. The lowest BCUT2D eigenvalue weighted by atomic mass is 9.26. The molecule has 4 fully saturated rings. The van der Waals surface area contributed by atoms with E-state index in [0.717, 1.165) is 0 Å². The van der Waals surface area contributed by atoms with Gasteiger partial charge in [-0.2, -0.15) is 52.7 Å². The molecule has 3 nitrogen and oxygen atoms in total. The smallest absolute Gasteiger partial charge is 0.223 e. The van der Waals surface area contributed by atoms with Gasteiger partial charge < -0.3 is 0 Å². The Balaban J connectivity index is 3.14. The van der Waals surface area contributed by atoms with E-state index in [9.17, 15) is 66.3 Å². The molecule has 0 saturated heterocycles. The third kappa shape index (κ3) is 2.70. The molecule has 31 heteroatoms. The average Bonchev–Trinajstić information content (AvgIpc) is 2.84. The van der Waals surface area contributed by atoms with Crippen LogP contribution in [0.3, 0.4) is 0 Å². The molecule has 0 N–H and O–H groups in total. The highest BCUT2D eigenvalue weighted by Crippen LogP contribution is 2.99. The molecule has 278 valence electrons. The van der Waals surface area contributed by atoms with Crippen molar-refractivity contribution in [1.29, 1.82) is 0 Å². The van der Waals surface area contributed by atoms with E-state index < -0.39 is 93.5 Å². The summed E-state index contributed by atoms with van der Waals surface area (Å²) in [5.74, 6) is -90.0. The van der Waals surface area contributed by atoms with Gasteiger partial charge in [-0.05, 0) is 13.6 Å². The van der Waals surface area contributed by atoms with Crippen LogP contribution in [-0.2, 0) is 14.8 Å². The van der Waals surface area contributed by atoms with Crippen molar-refractivity contribution in [3.8, 4) is 0 Å². The van der Waals surface area contributed by atoms with Gasteiger partial charge in [-0.25, -0.2) is 57.1 Å². The van der Waals surface area contributed by atoms with Crippen LogP contribution in [0.25, 0.3) is 0 Å². The Morgan fingerprint density at radius 3 is 0.553 bits per heavy atom. The molecule has 0 atom stereocenters. The lowest BCUT2D eigenvalue weighted by Gasteiger charge is -2.80. The van der Waals surface area contributed by atoms with Gasteiger partial charge in [0.05, 0.1) is 0 Å². The molecular weight excluding hydrogens is 772 g/mol. The molecule has 4 rings (SSSR count). The van der Waals surface area contributed by atoms with Gasteiger partial charge in [-0.15, -0.1) is 14.8 Å². The second-order valence-electron chi connectivity index (χ2n) is 9.86. The maximum atomic E-state index is 15.7. The molecule has 4 saturated carbocycles. The summed E-state index contributed by atoms with van der Waals surface area (Å²) in [5, 5.41) is 0. The van der Waals surface area contributed by atoms with Crippen LogP contribution < -0.4 is 0 Å². The predicted molar refractivity (Wildman–Crippen MR) is 77.1 cm³/mol. The topological polar surface area (TPSA) is 27.7 Å². The minimum absolute atomic E-state index is 0.666. The standard InChI is InChI=1S/C16F28O3/c17-4-8(24,25)1(11(30,31)14(36,37)45-42)5(18,19)2(9(4,26)27,12(32,33)15(38,39)46-43)7(22,23)3(6(1,20)21,10(4,28)29)13(34,35)16(40,41)47-44. The summed E-state index contributed by atoms with van der Waals surface area (Å²) in [5.41, 5.74) is -40.7. The Hall–Kier alpha value is -2.08. The summed E-state index contributed by atoms with van der Waals surface area (Å²) in [6.07, 6.45) is -26.3. The molecule has 0 aromatic rings. The van der Waals surface area contributed by atoms with Crippen molar-refractivity contribution in [3.05, 3.63) is 0 Å². The van der Waals surface area contributed by atoms with Crippen LogP contribution in [0.1, 0.15) is 0 Å². The molecule has 0 radical (unpaired) electrons. The fraction of sp³-hybridized carbons (Fsp3) is 1.00. The molecule has 4 aliphatic rings. The van der Waals surface area contributed by atoms with Crippen LogP contribution in [0, 0.1) is 16.2 Å². The molecule has 0 aromatic carbocycles. The molecule has 47 heavy (non-hydrogen) atoms. The highest BCUT2D eigenvalue weighted by atomic mass is 19.4. The molecule has 4 aliphatic carbocycles. The Labute approximate surface area is 233 Å². The van der Waals surface area contributed by atoms with Crippen molar-refractivity contribution in [1.82, 2.24) is 0 Å². The molecule has 0 heterocycles. The van der Waals surface area contributed by atoms with Crippen LogP contribution in [-0.4, -0.2) is 77.3 Å². The Morgan fingerprint density at radius 2 is 0.426 bits per heavy atom. The van der Waals surface area contributed by atoms with Gasteiger partial charge in [0.25, 0.3) is 17.8 Å². The van der Waals surface area contributed by atoms with Gasteiger partial charge in [0, 0.05) is 0 Å². The van der Waals surface area contributed by atoms with Gasteiger partial charge in [-0.1, -0.05) is 0 Å². The highest BCUT2D eigenvalue weighted by molar-refractivity contribution is 5.55. The SMILES string of the molecule is FOC(F)(F)C(F)(F)C12C(F)(F)C3(F)C(F)(F)C(C(F)(F)C(F)(F)OF)(C1(F)F)C(F)(F)C(C(F)(F)C(F)(F)OF)(C3(F)F)C2(F)F. The largest absolute Gasteiger partial charge is 0.450 e. The summed E-state index contributed by atoms with van der Waals surface area (Å²) in [6.45, 7) is 0. The van der Waals surface area contributed by atoms with E-state index in [2.05, 4.69) is 0 Å². The Morgan fingerprint density at radius 1 is 0.277 bits per heavy atom. The van der Waals surface area contributed by atoms with E-state index in [1.54, 1.807) is 0 Å². The first-order valence-electron chi connectivity index (χ1n) is 10.3. The normalized spacial score (nSPS) is 37.3. The van der Waals surface area contributed by atoms with Crippen LogP contribution >= 0.6 is 0 Å². The number of hydrogen-bond donors (Lipinski definition) is 0. The van der Waals surface area contributed by atoms with Crippen LogP contribution in [0.2, 0.25) is 0 Å². The van der Waals surface area contributed by atoms with E-state index in [4.69, 9.17) is 0 Å². The van der Waals surface area contributed by atoms with Gasteiger partial charge in [-0.3, -0.25) is 0 Å². The third-order valence-corrected chi connectivity index (χ3v) is 8.34. The van der Waals surface area contributed by atoms with Gasteiger partial charge in [0.15, 0.2) is 0 Å². The first-order chi connectivity index (χ1) is 20.2. The molecule has 0 aromatic heterocycles. The minimum Gasteiger partial charge on any atom is -0.223 e. The van der Waals surface area contributed by atoms with Crippen molar-refractivity contribution in [2.24, 2.45) is 16.2 Å². The monoisotopic (exact) mass is 772 g/mol. The quantitative estimate of drug-likeness (QED) is 0.219. The number of alkyl halides is 25. The van der Waals surface area contributed by atoms with E-state index >= 15 is 57.1 Å². The van der Waals surface area contributed by atoms with Crippen molar-refractivity contribution in [3.63, 3.8) is 0 Å². The zero-order valence-corrected chi connectivity index (χ0v) is 19.8. The summed E-state index contributed by atoms with van der Waals surface area (Å²) < 4.78 is 410. The predicted octanol–water partition coefficient (Wildman–Crippen LogP) is 8.89. The van der Waals surface area contributed by atoms with Gasteiger partial charge >= 0.3 is 59.5 Å². The van der Waals surface area contributed by atoms with Gasteiger partial charge in [0.1, 0.15) is 0 Å². The summed E-state index contributed by atoms with van der Waals surface area (Å²) in [7, 11) is 0. The number of hydrogen-bond acceptors (Lipinski definition) is 3. The number of halogens is 28. The molecular formula is C16F28O3. The highest BCUT2D eigenvalue weighted by Gasteiger charge is 3.29. The lowest BCUT2D eigenvalue weighted by molar-refractivity contribution is -0.690. The zero-order valence-electron chi connectivity index (χ0n) is 19.8. The third-order valence-electron chi connectivity index (χ3n) is 8.34. The van der Waals surface area contributed by atoms with E-state index in [-0.39, 0.29) is 0 Å². The van der Waals surface area contributed by atoms with E-state index in [1.807, 2.05) is 0 Å². The molecule has 0 aliphatic heterocycles. The Bertz CT molecular complexity index is 1140. The maximum absolute atomic E-state index is 15.7. The zero-order chi connectivity index (χ0) is 38.1. The van der Waals surface area contributed by atoms with Crippen LogP contribution in [0.5, 0.6) is 0 Å². The second kappa shape index (κ2) is 8.61. The lowest BCUT2D eigenvalue weighted by Crippen LogP contribution is -3.10. The molecule has 4 bridgehead atoms. The Kier molecular flexibility index (Phi) is 7.21. The van der Waals surface area contributed by atoms with Crippen LogP contribution in [0.4, 0.5) is 123 Å². The van der Waals surface area contributed by atoms with E-state index in [1.165, 1.54) is 0 Å². The summed E-state index contributed by atoms with van der Waals surface area (Å²) in [6, 6.07) is 0. The van der Waals surface area contributed by atoms with Crippen molar-refractivity contribution in [2.45, 2.75) is 77.3 Å². The summed E-state index contributed by atoms with van der Waals surface area (Å²) in [4.78, 5) is 2.00. The van der Waals surface area contributed by atoms with Crippen molar-refractivity contribution < 1.29 is 138 Å². The fourth-order valence-corrected chi connectivity index (χ4v) is 6.56. The molecule has 0 amide bonds. The molecule has 0 unspecified atom stereocenters. The number of rotatable bonds is 9. The first kappa shape index (κ1) is 39.4.